The summed E-state index contributed by atoms with van der Waals surface area (Å²) in [5, 5.41) is 13.3. The number of methoxy groups -OCH3 is 1. The van der Waals surface area contributed by atoms with Crippen LogP contribution in [0.1, 0.15) is 27.5 Å². The Hall–Kier alpha value is -3.60. The minimum Gasteiger partial charge on any atom is -0.497 e. The highest BCUT2D eigenvalue weighted by Gasteiger charge is 2.29. The third-order valence-corrected chi connectivity index (χ3v) is 7.40. The van der Waals surface area contributed by atoms with E-state index in [9.17, 15) is 22.7 Å². The molecule has 11 heteroatoms. The number of Topliss-reactive ketones (excluding diaryl/α,β-unsaturated/α-hetero) is 1. The lowest BCUT2D eigenvalue weighted by atomic mass is 9.95. The number of nitrogens with one attached hydrogen (secondary N) is 2. The average Bonchev–Trinajstić information content (AvgIpc) is 3.32. The number of hydrogen-bond donors (Lipinski definition) is 3. The molecule has 0 saturated heterocycles. The van der Waals surface area contributed by atoms with Crippen LogP contribution in [0.5, 0.6) is 11.5 Å². The molecule has 0 fully saturated rings. The van der Waals surface area contributed by atoms with Gasteiger partial charge in [0, 0.05) is 51.3 Å². The van der Waals surface area contributed by atoms with Crippen molar-refractivity contribution in [3.05, 3.63) is 82.3 Å². The van der Waals surface area contributed by atoms with Gasteiger partial charge in [0.25, 0.3) is 0 Å². The number of aromatic nitrogens is 1. The van der Waals surface area contributed by atoms with E-state index < -0.39 is 27.5 Å². The van der Waals surface area contributed by atoms with Gasteiger partial charge in [0.2, 0.25) is 0 Å². The van der Waals surface area contributed by atoms with Crippen LogP contribution in [-0.2, 0) is 9.84 Å². The molecule has 0 aliphatic rings. The quantitative estimate of drug-likeness (QED) is 0.231. The Morgan fingerprint density at radius 3 is 2.63 bits per heavy atom. The smallest absolute Gasteiger partial charge is 0.191 e. The number of aryl methyl sites for hydroxylation is 1. The summed E-state index contributed by atoms with van der Waals surface area (Å²) in [6.45, 7) is 1.30. The summed E-state index contributed by atoms with van der Waals surface area (Å²) in [6.07, 6.45) is 2.58. The first kappa shape index (κ1) is 27.4. The molecule has 0 aliphatic heterocycles. The van der Waals surface area contributed by atoms with E-state index in [4.69, 9.17) is 21.1 Å². The van der Waals surface area contributed by atoms with E-state index in [1.165, 1.54) is 43.6 Å². The van der Waals surface area contributed by atoms with Crippen LogP contribution >= 0.6 is 11.6 Å². The van der Waals surface area contributed by atoms with Gasteiger partial charge in [0.15, 0.2) is 15.6 Å². The summed E-state index contributed by atoms with van der Waals surface area (Å²) in [5.41, 5.74) is 1.84. The lowest BCUT2D eigenvalue weighted by Crippen LogP contribution is -2.22. The maximum atomic E-state index is 14.2. The van der Waals surface area contributed by atoms with Gasteiger partial charge in [-0.1, -0.05) is 17.7 Å². The maximum absolute atomic E-state index is 14.2. The first-order valence-electron chi connectivity index (χ1n) is 11.5. The van der Waals surface area contributed by atoms with E-state index in [0.717, 1.165) is 6.26 Å². The van der Waals surface area contributed by atoms with Crippen molar-refractivity contribution in [1.29, 1.82) is 0 Å². The monoisotopic (exact) mass is 560 g/mol. The molecule has 0 spiro atoms. The number of aliphatic hydroxyl groups is 1. The van der Waals surface area contributed by atoms with Crippen molar-refractivity contribution < 1.29 is 32.2 Å². The van der Waals surface area contributed by atoms with E-state index in [1.54, 1.807) is 25.1 Å². The van der Waals surface area contributed by atoms with Gasteiger partial charge in [-0.25, -0.2) is 12.8 Å². The first-order chi connectivity index (χ1) is 18.0. The molecular formula is C27H26ClFN2O6S. The summed E-state index contributed by atoms with van der Waals surface area (Å²) >= 11 is 6.19. The predicted molar refractivity (Wildman–Crippen MR) is 144 cm³/mol. The van der Waals surface area contributed by atoms with Crippen LogP contribution in [-0.4, -0.2) is 50.9 Å². The number of aliphatic hydroxyl groups excluding tert-OH is 1. The minimum atomic E-state index is -3.60. The van der Waals surface area contributed by atoms with Crippen molar-refractivity contribution in [3.63, 3.8) is 0 Å². The standard InChI is InChI=1S/C27H26ClFN2O6S/c1-15-23(29)7-6-20-22(14-30-25(15)20)27(33)26(21-5-4-16(28)10-24(21)37-9-8-32)31-17-11-18(36-2)13-19(12-17)38(3,34)35/h4-7,10-14,26,30-32H,8-9H2,1-3H3. The van der Waals surface area contributed by atoms with Gasteiger partial charge in [-0.2, -0.15) is 0 Å². The molecule has 1 atom stereocenters. The third kappa shape index (κ3) is 5.62. The number of H-pyrrole nitrogens is 1. The summed E-state index contributed by atoms with van der Waals surface area (Å²) < 4.78 is 49.7. The first-order valence-corrected chi connectivity index (χ1v) is 13.8. The van der Waals surface area contributed by atoms with Gasteiger partial charge < -0.3 is 24.9 Å². The Bertz CT molecular complexity index is 1620. The number of ketones is 1. The lowest BCUT2D eigenvalue weighted by Gasteiger charge is -2.23. The second-order valence-corrected chi connectivity index (χ2v) is 11.1. The molecule has 0 bridgehead atoms. The molecule has 38 heavy (non-hydrogen) atoms. The number of anilines is 1. The molecule has 0 saturated carbocycles. The van der Waals surface area contributed by atoms with Gasteiger partial charge in [0.1, 0.15) is 30.0 Å². The molecule has 4 rings (SSSR count). The van der Waals surface area contributed by atoms with E-state index in [2.05, 4.69) is 10.3 Å². The summed E-state index contributed by atoms with van der Waals surface area (Å²) in [5.74, 6) is -0.282. The highest BCUT2D eigenvalue weighted by molar-refractivity contribution is 7.90. The number of hydrogen-bond acceptors (Lipinski definition) is 7. The zero-order chi connectivity index (χ0) is 27.6. The van der Waals surface area contributed by atoms with Crippen LogP contribution in [0.2, 0.25) is 5.02 Å². The van der Waals surface area contributed by atoms with Crippen LogP contribution in [0.25, 0.3) is 10.9 Å². The number of carbonyl (C=O) groups is 1. The normalized spacial score (nSPS) is 12.4. The minimum absolute atomic E-state index is 0.00315. The fourth-order valence-corrected chi connectivity index (χ4v) is 4.98. The van der Waals surface area contributed by atoms with Crippen molar-refractivity contribution in [2.75, 3.05) is 31.9 Å². The predicted octanol–water partition coefficient (Wildman–Crippen LogP) is 5.09. The highest BCUT2D eigenvalue weighted by Crippen LogP contribution is 2.36. The number of benzene rings is 3. The fraction of sp³-hybridized carbons (Fsp3) is 0.222. The molecule has 8 nitrogen and oxygen atoms in total. The average molecular weight is 561 g/mol. The molecule has 4 aromatic rings. The van der Waals surface area contributed by atoms with Crippen LogP contribution in [0, 0.1) is 12.7 Å². The third-order valence-electron chi connectivity index (χ3n) is 6.07. The Kier molecular flexibility index (Phi) is 7.96. The maximum Gasteiger partial charge on any atom is 0.191 e. The molecule has 0 radical (unpaired) electrons. The molecule has 3 N–H and O–H groups in total. The number of aromatic amines is 1. The second-order valence-electron chi connectivity index (χ2n) is 8.66. The van der Waals surface area contributed by atoms with Crippen molar-refractivity contribution in [3.8, 4) is 11.5 Å². The van der Waals surface area contributed by atoms with Crippen molar-refractivity contribution in [2.24, 2.45) is 0 Å². The van der Waals surface area contributed by atoms with E-state index >= 15 is 0 Å². The number of sulfone groups is 1. The summed E-state index contributed by atoms with van der Waals surface area (Å²) in [6, 6.07) is 10.8. The zero-order valence-corrected chi connectivity index (χ0v) is 22.4. The topological polar surface area (TPSA) is 118 Å². The summed E-state index contributed by atoms with van der Waals surface area (Å²) in [4.78, 5) is 17.1. The SMILES string of the molecule is COc1cc(NC(C(=O)c2c[nH]c3c(C)c(F)ccc23)c2ccc(Cl)cc2OCCO)cc(S(C)(=O)=O)c1. The number of carbonyl (C=O) groups excluding carboxylic acids is 1. The van der Waals surface area contributed by atoms with Gasteiger partial charge in [-0.15, -0.1) is 0 Å². The molecule has 3 aromatic carbocycles. The van der Waals surface area contributed by atoms with Crippen molar-refractivity contribution in [1.82, 2.24) is 4.98 Å². The van der Waals surface area contributed by atoms with Gasteiger partial charge in [-0.05, 0) is 43.3 Å². The van der Waals surface area contributed by atoms with Gasteiger partial charge in [0.05, 0.1) is 24.1 Å². The van der Waals surface area contributed by atoms with E-state index in [-0.39, 0.29) is 35.2 Å². The van der Waals surface area contributed by atoms with Crippen LogP contribution in [0.3, 0.4) is 0 Å². The highest BCUT2D eigenvalue weighted by atomic mass is 35.5. The fourth-order valence-electron chi connectivity index (χ4n) is 4.14. The van der Waals surface area contributed by atoms with Crippen molar-refractivity contribution >= 4 is 43.8 Å². The van der Waals surface area contributed by atoms with Crippen LogP contribution < -0.4 is 14.8 Å². The summed E-state index contributed by atoms with van der Waals surface area (Å²) in [7, 11) is -2.20. The molecule has 0 amide bonds. The molecular weight excluding hydrogens is 535 g/mol. The number of rotatable bonds is 10. The van der Waals surface area contributed by atoms with Crippen LogP contribution in [0.15, 0.2) is 59.6 Å². The van der Waals surface area contributed by atoms with Gasteiger partial charge >= 0.3 is 0 Å². The van der Waals surface area contributed by atoms with Crippen molar-refractivity contribution in [2.45, 2.75) is 17.9 Å². The molecule has 1 aromatic heterocycles. The van der Waals surface area contributed by atoms with E-state index in [0.29, 0.717) is 32.7 Å². The van der Waals surface area contributed by atoms with Crippen LogP contribution in [0.4, 0.5) is 10.1 Å². The number of fused-ring (bicyclic) bond motifs is 1. The van der Waals surface area contributed by atoms with Gasteiger partial charge in [-0.3, -0.25) is 4.79 Å². The molecule has 200 valence electrons. The number of halogens is 2. The Labute approximate surface area is 224 Å². The Morgan fingerprint density at radius 2 is 1.95 bits per heavy atom. The molecule has 1 unspecified atom stereocenters. The lowest BCUT2D eigenvalue weighted by molar-refractivity contribution is 0.0969. The zero-order valence-electron chi connectivity index (χ0n) is 20.8. The second kappa shape index (κ2) is 11.0. The largest absolute Gasteiger partial charge is 0.497 e. The Morgan fingerprint density at radius 1 is 1.18 bits per heavy atom. The Balaban J connectivity index is 1.89. The number of ether oxygens (including phenoxy) is 2. The molecule has 1 heterocycles. The van der Waals surface area contributed by atoms with E-state index in [1.807, 2.05) is 0 Å². The molecule has 0 aliphatic carbocycles.